The summed E-state index contributed by atoms with van der Waals surface area (Å²) in [6.07, 6.45) is 0. The number of thiazole rings is 1. The number of nitrogens with one attached hydrogen (secondary N) is 1. The van der Waals surface area contributed by atoms with E-state index in [4.69, 9.17) is 0 Å². The Morgan fingerprint density at radius 3 is 2.89 bits per heavy atom. The molecule has 5 heteroatoms. The quantitative estimate of drug-likeness (QED) is 0.767. The summed E-state index contributed by atoms with van der Waals surface area (Å²) in [5.74, 6) is -0.102. The van der Waals surface area contributed by atoms with E-state index in [1.165, 1.54) is 28.2 Å². The molecule has 3 aromatic rings. The lowest BCUT2D eigenvalue weighted by atomic mass is 10.1. The summed E-state index contributed by atoms with van der Waals surface area (Å²) < 4.78 is 1.11. The summed E-state index contributed by atoms with van der Waals surface area (Å²) >= 11 is 3.02. The Morgan fingerprint density at radius 1 is 1.32 bits per heavy atom. The van der Waals surface area contributed by atoms with Crippen LogP contribution in [0.3, 0.4) is 0 Å². The molecule has 0 saturated heterocycles. The molecule has 0 aliphatic rings. The Morgan fingerprint density at radius 2 is 2.16 bits per heavy atom. The molecule has 0 unspecified atom stereocenters. The van der Waals surface area contributed by atoms with Crippen molar-refractivity contribution >= 4 is 43.9 Å². The largest absolute Gasteiger partial charge is 0.298 e. The van der Waals surface area contributed by atoms with Crippen LogP contribution in [0, 0.1) is 13.8 Å². The minimum atomic E-state index is -0.102. The first-order chi connectivity index (χ1) is 9.13. The van der Waals surface area contributed by atoms with E-state index in [-0.39, 0.29) is 5.91 Å². The molecule has 96 valence electrons. The minimum Gasteiger partial charge on any atom is -0.298 e. The zero-order valence-electron chi connectivity index (χ0n) is 10.6. The zero-order chi connectivity index (χ0) is 13.4. The first kappa shape index (κ1) is 12.3. The number of carbonyl (C=O) groups excluding carboxylic acids is 1. The third-order valence-corrected chi connectivity index (χ3v) is 4.43. The van der Waals surface area contributed by atoms with Crippen molar-refractivity contribution in [2.45, 2.75) is 13.8 Å². The lowest BCUT2D eigenvalue weighted by Gasteiger charge is -1.97. The highest BCUT2D eigenvalue weighted by Gasteiger charge is 2.11. The molecule has 0 aliphatic carbocycles. The van der Waals surface area contributed by atoms with E-state index in [0.29, 0.717) is 10.7 Å². The molecule has 2 heterocycles. The summed E-state index contributed by atoms with van der Waals surface area (Å²) in [6.45, 7) is 4.11. The summed E-state index contributed by atoms with van der Waals surface area (Å²) in [7, 11) is 0. The smallest absolute Gasteiger partial charge is 0.258 e. The molecule has 0 saturated carbocycles. The summed E-state index contributed by atoms with van der Waals surface area (Å²) in [5, 5.41) is 7.23. The molecule has 2 aromatic heterocycles. The second kappa shape index (κ2) is 4.75. The number of anilines is 1. The van der Waals surface area contributed by atoms with Gasteiger partial charge in [0.2, 0.25) is 0 Å². The number of amides is 1. The van der Waals surface area contributed by atoms with Gasteiger partial charge in [-0.25, -0.2) is 4.98 Å². The molecule has 0 radical (unpaired) electrons. The fourth-order valence-corrected chi connectivity index (χ4v) is 3.66. The van der Waals surface area contributed by atoms with Crippen LogP contribution in [0.4, 0.5) is 5.13 Å². The van der Waals surface area contributed by atoms with Crippen molar-refractivity contribution in [1.82, 2.24) is 4.98 Å². The van der Waals surface area contributed by atoms with E-state index in [1.807, 2.05) is 23.8 Å². The molecule has 1 amide bonds. The number of hydrogen-bond donors (Lipinski definition) is 1. The molecule has 3 rings (SSSR count). The van der Waals surface area contributed by atoms with Gasteiger partial charge in [-0.2, -0.15) is 11.3 Å². The highest BCUT2D eigenvalue weighted by molar-refractivity contribution is 7.22. The van der Waals surface area contributed by atoms with Gasteiger partial charge >= 0.3 is 0 Å². The number of thiophene rings is 1. The predicted molar refractivity (Wildman–Crippen MR) is 81.4 cm³/mol. The number of nitrogens with zero attached hydrogens (tertiary/aromatic N) is 1. The molecule has 0 atom stereocenters. The first-order valence-corrected chi connectivity index (χ1v) is 7.61. The van der Waals surface area contributed by atoms with Crippen LogP contribution in [0.1, 0.15) is 21.5 Å². The molecule has 19 heavy (non-hydrogen) atoms. The maximum atomic E-state index is 12.0. The van der Waals surface area contributed by atoms with Gasteiger partial charge in [0, 0.05) is 5.38 Å². The highest BCUT2D eigenvalue weighted by Crippen LogP contribution is 2.29. The van der Waals surface area contributed by atoms with Crippen LogP contribution >= 0.6 is 22.7 Å². The van der Waals surface area contributed by atoms with Gasteiger partial charge in [-0.15, -0.1) is 0 Å². The Hall–Kier alpha value is -1.72. The van der Waals surface area contributed by atoms with Gasteiger partial charge in [0.15, 0.2) is 5.13 Å². The Kier molecular flexibility index (Phi) is 3.08. The van der Waals surface area contributed by atoms with E-state index in [0.717, 1.165) is 15.8 Å². The van der Waals surface area contributed by atoms with Gasteiger partial charge in [-0.1, -0.05) is 17.4 Å². The number of fused-ring (bicyclic) bond motifs is 1. The molecule has 1 N–H and O–H groups in total. The zero-order valence-corrected chi connectivity index (χ0v) is 12.2. The van der Waals surface area contributed by atoms with Crippen LogP contribution < -0.4 is 5.32 Å². The maximum absolute atomic E-state index is 12.0. The van der Waals surface area contributed by atoms with Crippen LogP contribution in [-0.4, -0.2) is 10.9 Å². The number of aromatic nitrogens is 1. The Bertz CT molecular complexity index is 744. The average molecular weight is 288 g/mol. The fraction of sp³-hybridized carbons (Fsp3) is 0.143. The molecule has 0 bridgehead atoms. The Balaban J connectivity index is 1.94. The standard InChI is InChI=1S/C14H12N2OS2/c1-8-5-9(2)12-11(6-8)19-14(15-12)16-13(17)10-3-4-18-7-10/h3-7H,1-2H3,(H,15,16,17). The molecule has 0 spiro atoms. The van der Waals surface area contributed by atoms with E-state index >= 15 is 0 Å². The monoisotopic (exact) mass is 288 g/mol. The first-order valence-electron chi connectivity index (χ1n) is 5.85. The van der Waals surface area contributed by atoms with Crippen molar-refractivity contribution in [3.8, 4) is 0 Å². The lowest BCUT2D eigenvalue weighted by Crippen LogP contribution is -2.10. The van der Waals surface area contributed by atoms with E-state index in [1.54, 1.807) is 0 Å². The summed E-state index contributed by atoms with van der Waals surface area (Å²) in [5.41, 5.74) is 4.00. The number of hydrogen-bond acceptors (Lipinski definition) is 4. The van der Waals surface area contributed by atoms with Crippen molar-refractivity contribution in [1.29, 1.82) is 0 Å². The van der Waals surface area contributed by atoms with Crippen LogP contribution in [0.25, 0.3) is 10.2 Å². The molecular weight excluding hydrogens is 276 g/mol. The van der Waals surface area contributed by atoms with E-state index < -0.39 is 0 Å². The molecule has 0 aliphatic heterocycles. The van der Waals surface area contributed by atoms with Crippen LogP contribution in [0.5, 0.6) is 0 Å². The number of benzene rings is 1. The highest BCUT2D eigenvalue weighted by atomic mass is 32.1. The second-order valence-electron chi connectivity index (χ2n) is 4.41. The molecule has 1 aromatic carbocycles. The van der Waals surface area contributed by atoms with Crippen molar-refractivity contribution in [3.63, 3.8) is 0 Å². The van der Waals surface area contributed by atoms with Crippen molar-refractivity contribution in [3.05, 3.63) is 45.6 Å². The topological polar surface area (TPSA) is 42.0 Å². The summed E-state index contributed by atoms with van der Waals surface area (Å²) in [6, 6.07) is 6.01. The van der Waals surface area contributed by atoms with Crippen molar-refractivity contribution in [2.75, 3.05) is 5.32 Å². The minimum absolute atomic E-state index is 0.102. The van der Waals surface area contributed by atoms with Crippen LogP contribution in [0.15, 0.2) is 29.0 Å². The molecule has 0 fully saturated rings. The van der Waals surface area contributed by atoms with Crippen LogP contribution in [0.2, 0.25) is 0 Å². The van der Waals surface area contributed by atoms with Gasteiger partial charge in [-0.3, -0.25) is 10.1 Å². The third kappa shape index (κ3) is 2.39. The van der Waals surface area contributed by atoms with Crippen LogP contribution in [-0.2, 0) is 0 Å². The number of aryl methyl sites for hydroxylation is 2. The average Bonchev–Trinajstić information content (AvgIpc) is 2.96. The Labute approximate surface area is 118 Å². The third-order valence-electron chi connectivity index (χ3n) is 2.83. The van der Waals surface area contributed by atoms with E-state index in [9.17, 15) is 4.79 Å². The SMILES string of the molecule is Cc1cc(C)c2nc(NC(=O)c3ccsc3)sc2c1. The number of carbonyl (C=O) groups is 1. The van der Waals surface area contributed by atoms with Gasteiger partial charge in [0.05, 0.1) is 15.8 Å². The lowest BCUT2D eigenvalue weighted by molar-refractivity contribution is 0.102. The summed E-state index contributed by atoms with van der Waals surface area (Å²) in [4.78, 5) is 16.5. The van der Waals surface area contributed by atoms with Gasteiger partial charge in [-0.05, 0) is 42.5 Å². The van der Waals surface area contributed by atoms with Crippen molar-refractivity contribution < 1.29 is 4.79 Å². The second-order valence-corrected chi connectivity index (χ2v) is 6.22. The van der Waals surface area contributed by atoms with Crippen molar-refractivity contribution in [2.24, 2.45) is 0 Å². The molecular formula is C14H12N2OS2. The van der Waals surface area contributed by atoms with E-state index in [2.05, 4.69) is 29.4 Å². The molecule has 3 nitrogen and oxygen atoms in total. The maximum Gasteiger partial charge on any atom is 0.258 e. The normalized spacial score (nSPS) is 10.8. The van der Waals surface area contributed by atoms with Gasteiger partial charge < -0.3 is 0 Å². The van der Waals surface area contributed by atoms with Gasteiger partial charge in [0.1, 0.15) is 0 Å². The van der Waals surface area contributed by atoms with Gasteiger partial charge in [0.25, 0.3) is 5.91 Å². The number of rotatable bonds is 2. The predicted octanol–water partition coefficient (Wildman–Crippen LogP) is 4.23. The fourth-order valence-electron chi connectivity index (χ4n) is 1.99.